The van der Waals surface area contributed by atoms with Crippen molar-refractivity contribution in [1.29, 1.82) is 0 Å². The number of rotatable bonds is 10. The molecule has 2 aromatic carbocycles. The van der Waals surface area contributed by atoms with E-state index < -0.39 is 0 Å². The van der Waals surface area contributed by atoms with Crippen LogP contribution >= 0.6 is 0 Å². The summed E-state index contributed by atoms with van der Waals surface area (Å²) >= 11 is 0. The van der Waals surface area contributed by atoms with Crippen LogP contribution in [0.1, 0.15) is 38.3 Å². The van der Waals surface area contributed by atoms with Crippen molar-refractivity contribution in [2.45, 2.75) is 46.5 Å². The second-order valence-corrected chi connectivity index (χ2v) is 8.04. The minimum absolute atomic E-state index is 0.0198. The fourth-order valence-electron chi connectivity index (χ4n) is 3.38. The number of ether oxygens (including phenoxy) is 3. The van der Waals surface area contributed by atoms with Gasteiger partial charge in [-0.05, 0) is 36.1 Å². The zero-order valence-corrected chi connectivity index (χ0v) is 17.9. The highest BCUT2D eigenvalue weighted by Crippen LogP contribution is 2.30. The number of hydrogen-bond donors (Lipinski definition) is 1. The molecule has 0 radical (unpaired) electrons. The lowest BCUT2D eigenvalue weighted by Gasteiger charge is -2.26. The van der Waals surface area contributed by atoms with Gasteiger partial charge in [-0.15, -0.1) is 0 Å². The summed E-state index contributed by atoms with van der Waals surface area (Å²) in [6.45, 7) is 11.1. The zero-order valence-electron chi connectivity index (χ0n) is 17.9. The maximum absolute atomic E-state index is 6.09. The molecule has 1 aliphatic heterocycles. The van der Waals surface area contributed by atoms with Crippen molar-refractivity contribution in [3.05, 3.63) is 59.7 Å². The zero-order chi connectivity index (χ0) is 20.5. The molecule has 0 aliphatic carbocycles. The Morgan fingerprint density at radius 2 is 1.72 bits per heavy atom. The van der Waals surface area contributed by atoms with Gasteiger partial charge >= 0.3 is 0 Å². The van der Waals surface area contributed by atoms with Crippen LogP contribution in [0.4, 0.5) is 0 Å². The Labute approximate surface area is 175 Å². The molecule has 1 unspecified atom stereocenters. The van der Waals surface area contributed by atoms with Crippen LogP contribution in [0, 0.1) is 5.92 Å². The molecular formula is C24H34N2O3. The number of nitrogens with zero attached hydrogens (tertiary/aromatic N) is 1. The molecule has 1 N–H and O–H groups in total. The molecule has 5 nitrogen and oxygen atoms in total. The summed E-state index contributed by atoms with van der Waals surface area (Å²) < 4.78 is 17.7. The Kier molecular flexibility index (Phi) is 8.35. The smallest absolute Gasteiger partial charge is 0.161 e. The highest BCUT2D eigenvalue weighted by Gasteiger charge is 2.14. The molecule has 0 fully saturated rings. The monoisotopic (exact) mass is 398 g/mol. The Balaban J connectivity index is 1.53. The topological polar surface area (TPSA) is 43.0 Å². The van der Waals surface area contributed by atoms with Gasteiger partial charge in [0.15, 0.2) is 11.5 Å². The molecule has 5 heteroatoms. The maximum atomic E-state index is 6.09. The molecule has 29 heavy (non-hydrogen) atoms. The van der Waals surface area contributed by atoms with Crippen molar-refractivity contribution in [3.63, 3.8) is 0 Å². The first-order valence-electron chi connectivity index (χ1n) is 10.6. The van der Waals surface area contributed by atoms with Crippen molar-refractivity contribution in [1.82, 2.24) is 10.2 Å². The fourth-order valence-corrected chi connectivity index (χ4v) is 3.38. The maximum Gasteiger partial charge on any atom is 0.161 e. The Morgan fingerprint density at radius 3 is 2.48 bits per heavy atom. The molecule has 0 saturated heterocycles. The third-order valence-corrected chi connectivity index (χ3v) is 4.79. The molecule has 158 valence electrons. The lowest BCUT2D eigenvalue weighted by atomic mass is 10.1. The summed E-state index contributed by atoms with van der Waals surface area (Å²) in [4.78, 5) is 2.34. The fraction of sp³-hybridized carbons (Fsp3) is 0.500. The van der Waals surface area contributed by atoms with Gasteiger partial charge in [0.25, 0.3) is 0 Å². The van der Waals surface area contributed by atoms with Crippen LogP contribution in [-0.2, 0) is 17.8 Å². The van der Waals surface area contributed by atoms with Gasteiger partial charge in [0, 0.05) is 26.1 Å². The lowest BCUT2D eigenvalue weighted by molar-refractivity contribution is -0.0367. The van der Waals surface area contributed by atoms with Crippen LogP contribution in [0.15, 0.2) is 48.5 Å². The van der Waals surface area contributed by atoms with Gasteiger partial charge in [-0.2, -0.15) is 0 Å². The minimum Gasteiger partial charge on any atom is -0.490 e. The standard InChI is InChI=1S/C24H34N2O3/c1-19(2)16-26(18-29-20(3)25-15-21-8-5-4-6-9-21)17-22-10-11-23-24(14-22)28-13-7-12-27-23/h4-6,8-11,14,19-20,25H,7,12-13,15-18H2,1-3H3. The summed E-state index contributed by atoms with van der Waals surface area (Å²) in [6.07, 6.45) is 0.902. The highest BCUT2D eigenvalue weighted by atomic mass is 16.5. The van der Waals surface area contributed by atoms with Gasteiger partial charge in [-0.25, -0.2) is 0 Å². The molecular weight excluding hydrogens is 364 g/mol. The second-order valence-electron chi connectivity index (χ2n) is 8.04. The molecule has 2 aromatic rings. The molecule has 1 heterocycles. The first-order valence-corrected chi connectivity index (χ1v) is 10.6. The van der Waals surface area contributed by atoms with Gasteiger partial charge in [-0.3, -0.25) is 10.2 Å². The van der Waals surface area contributed by atoms with Crippen LogP contribution in [-0.4, -0.2) is 37.6 Å². The van der Waals surface area contributed by atoms with E-state index in [1.54, 1.807) is 0 Å². The lowest BCUT2D eigenvalue weighted by Crippen LogP contribution is -2.36. The number of fused-ring (bicyclic) bond motifs is 1. The van der Waals surface area contributed by atoms with Crippen LogP contribution in [0.3, 0.4) is 0 Å². The molecule has 1 aliphatic rings. The summed E-state index contributed by atoms with van der Waals surface area (Å²) in [5.74, 6) is 2.26. The predicted molar refractivity (Wildman–Crippen MR) is 116 cm³/mol. The Hall–Kier alpha value is -2.08. The van der Waals surface area contributed by atoms with E-state index in [0.717, 1.165) is 37.6 Å². The molecule has 3 rings (SSSR count). The van der Waals surface area contributed by atoms with Gasteiger partial charge < -0.3 is 14.2 Å². The highest BCUT2D eigenvalue weighted by molar-refractivity contribution is 5.43. The van der Waals surface area contributed by atoms with Crippen molar-refractivity contribution >= 4 is 0 Å². The van der Waals surface area contributed by atoms with Crippen LogP contribution < -0.4 is 14.8 Å². The second kappa shape index (κ2) is 11.2. The Morgan fingerprint density at radius 1 is 0.966 bits per heavy atom. The van der Waals surface area contributed by atoms with Gasteiger partial charge in [-0.1, -0.05) is 50.2 Å². The largest absolute Gasteiger partial charge is 0.490 e. The van der Waals surface area contributed by atoms with Crippen LogP contribution in [0.2, 0.25) is 0 Å². The first-order chi connectivity index (χ1) is 14.1. The van der Waals surface area contributed by atoms with E-state index in [1.807, 2.05) is 12.1 Å². The quantitative estimate of drug-likeness (QED) is 0.600. The predicted octanol–water partition coefficient (Wildman–Crippen LogP) is 4.42. The first kappa shape index (κ1) is 21.6. The average molecular weight is 399 g/mol. The summed E-state index contributed by atoms with van der Waals surface area (Å²) in [7, 11) is 0. The number of nitrogens with one attached hydrogen (secondary N) is 1. The molecule has 0 bridgehead atoms. The average Bonchev–Trinajstić information content (AvgIpc) is 2.96. The van der Waals surface area contributed by atoms with Crippen molar-refractivity contribution < 1.29 is 14.2 Å². The van der Waals surface area contributed by atoms with E-state index in [2.05, 4.69) is 67.4 Å². The SMILES string of the molecule is CC(C)CN(COC(C)NCc1ccccc1)Cc1ccc2c(c1)OCCCO2. The van der Waals surface area contributed by atoms with Crippen molar-refractivity contribution in [2.75, 3.05) is 26.5 Å². The van der Waals surface area contributed by atoms with E-state index in [-0.39, 0.29) is 6.23 Å². The van der Waals surface area contributed by atoms with Crippen LogP contribution in [0.5, 0.6) is 11.5 Å². The van der Waals surface area contributed by atoms with Gasteiger partial charge in [0.05, 0.1) is 13.2 Å². The Bertz CT molecular complexity index is 736. The molecule has 0 saturated carbocycles. The minimum atomic E-state index is -0.0198. The van der Waals surface area contributed by atoms with E-state index >= 15 is 0 Å². The van der Waals surface area contributed by atoms with Gasteiger partial charge in [0.2, 0.25) is 0 Å². The van der Waals surface area contributed by atoms with E-state index in [0.29, 0.717) is 25.9 Å². The number of hydrogen-bond acceptors (Lipinski definition) is 5. The third-order valence-electron chi connectivity index (χ3n) is 4.79. The van der Waals surface area contributed by atoms with E-state index in [4.69, 9.17) is 14.2 Å². The summed E-state index contributed by atoms with van der Waals surface area (Å²) in [6, 6.07) is 16.6. The molecule has 0 spiro atoms. The van der Waals surface area contributed by atoms with Crippen LogP contribution in [0.25, 0.3) is 0 Å². The normalized spacial score (nSPS) is 14.8. The van der Waals surface area contributed by atoms with Crippen molar-refractivity contribution in [3.8, 4) is 11.5 Å². The summed E-state index contributed by atoms with van der Waals surface area (Å²) in [5.41, 5.74) is 2.47. The van der Waals surface area contributed by atoms with Crippen molar-refractivity contribution in [2.24, 2.45) is 5.92 Å². The molecule has 1 atom stereocenters. The summed E-state index contributed by atoms with van der Waals surface area (Å²) in [5, 5.41) is 3.43. The third kappa shape index (κ3) is 7.35. The van der Waals surface area contributed by atoms with E-state index in [1.165, 1.54) is 11.1 Å². The van der Waals surface area contributed by atoms with Gasteiger partial charge in [0.1, 0.15) is 13.0 Å². The molecule has 0 amide bonds. The molecule has 0 aromatic heterocycles. The van der Waals surface area contributed by atoms with E-state index in [9.17, 15) is 0 Å². The number of benzene rings is 2.